The fourth-order valence-electron chi connectivity index (χ4n) is 3.28. The summed E-state index contributed by atoms with van der Waals surface area (Å²) in [7, 11) is 0. The Morgan fingerprint density at radius 3 is 2.52 bits per heavy atom. The molecule has 0 unspecified atom stereocenters. The van der Waals surface area contributed by atoms with Gasteiger partial charge in [0.25, 0.3) is 5.56 Å². The zero-order chi connectivity index (χ0) is 20.9. The predicted octanol–water partition coefficient (Wildman–Crippen LogP) is 3.60. The van der Waals surface area contributed by atoms with Gasteiger partial charge in [0, 0.05) is 6.20 Å². The molecule has 1 aliphatic rings. The third-order valence-corrected chi connectivity index (χ3v) is 5.08. The highest BCUT2D eigenvalue weighted by molar-refractivity contribution is 6.30. The smallest absolute Gasteiger partial charge is 0.313 e. The molecule has 0 radical (unpaired) electrons. The largest absolute Gasteiger partial charge is 0.419 e. The van der Waals surface area contributed by atoms with E-state index in [0.29, 0.717) is 17.5 Å². The molecular formula is C18H11ClF4N4O2. The minimum atomic E-state index is -4.76. The number of alkyl halides is 3. The first kappa shape index (κ1) is 19.3. The van der Waals surface area contributed by atoms with E-state index in [1.54, 1.807) is 0 Å². The molecule has 0 aliphatic heterocycles. The van der Waals surface area contributed by atoms with Crippen LogP contribution in [0.1, 0.15) is 34.9 Å². The molecule has 2 heterocycles. The topological polar surface area (TPSA) is 91.5 Å². The van der Waals surface area contributed by atoms with Gasteiger partial charge in [0.05, 0.1) is 11.1 Å². The Labute approximate surface area is 164 Å². The van der Waals surface area contributed by atoms with Crippen LogP contribution in [-0.4, -0.2) is 20.2 Å². The molecule has 150 valence electrons. The van der Waals surface area contributed by atoms with Gasteiger partial charge in [0.1, 0.15) is 11.5 Å². The number of H-pyrrole nitrogens is 2. The summed E-state index contributed by atoms with van der Waals surface area (Å²) in [4.78, 5) is 27.5. The van der Waals surface area contributed by atoms with Gasteiger partial charge < -0.3 is 4.98 Å². The highest BCUT2D eigenvalue weighted by Crippen LogP contribution is 2.56. The second-order valence-corrected chi connectivity index (χ2v) is 7.01. The fourth-order valence-corrected chi connectivity index (χ4v) is 3.51. The van der Waals surface area contributed by atoms with Crippen molar-refractivity contribution in [3.63, 3.8) is 0 Å². The molecule has 11 heteroatoms. The SMILES string of the molecule is O=c1[nH]cc(-c2cc([C@H]3C[C@@H]3c3ccc(C(F)(F)F)c(F)c3)c(Cl)nn2)c(=O)[nH]1. The first-order chi connectivity index (χ1) is 13.6. The zero-order valence-corrected chi connectivity index (χ0v) is 15.1. The van der Waals surface area contributed by atoms with Crippen molar-refractivity contribution in [2.45, 2.75) is 24.4 Å². The van der Waals surface area contributed by atoms with Crippen molar-refractivity contribution in [3.05, 3.63) is 79.0 Å². The second-order valence-electron chi connectivity index (χ2n) is 6.65. The summed E-state index contributed by atoms with van der Waals surface area (Å²) in [5.74, 6) is -1.79. The molecule has 0 spiro atoms. The van der Waals surface area contributed by atoms with Crippen LogP contribution in [0.5, 0.6) is 0 Å². The molecule has 6 nitrogen and oxygen atoms in total. The van der Waals surface area contributed by atoms with Crippen molar-refractivity contribution in [3.8, 4) is 11.3 Å². The van der Waals surface area contributed by atoms with E-state index < -0.39 is 28.8 Å². The standard InChI is InChI=1S/C18H11ClF4N4O2/c19-15-10(5-14(26-27-15)11-6-24-17(29)25-16(11)28)9-4-8(9)7-1-2-12(13(20)3-7)18(21,22)23/h1-3,5-6,8-9H,4H2,(H2,24,25,28,29)/t8-,9+/m1/s1. The Kier molecular flexibility index (Phi) is 4.53. The Hall–Kier alpha value is -3.01. The highest BCUT2D eigenvalue weighted by Gasteiger charge is 2.42. The van der Waals surface area contributed by atoms with Crippen molar-refractivity contribution < 1.29 is 17.6 Å². The molecular weight excluding hydrogens is 416 g/mol. The van der Waals surface area contributed by atoms with E-state index in [9.17, 15) is 27.2 Å². The van der Waals surface area contributed by atoms with Gasteiger partial charge in [0.2, 0.25) is 0 Å². The van der Waals surface area contributed by atoms with Crippen LogP contribution in [0.25, 0.3) is 11.3 Å². The molecule has 29 heavy (non-hydrogen) atoms. The van der Waals surface area contributed by atoms with E-state index in [0.717, 1.165) is 12.1 Å². The van der Waals surface area contributed by atoms with Crippen LogP contribution in [-0.2, 0) is 6.18 Å². The van der Waals surface area contributed by atoms with E-state index in [2.05, 4.69) is 20.2 Å². The van der Waals surface area contributed by atoms with Gasteiger partial charge in [-0.1, -0.05) is 17.7 Å². The molecule has 3 aromatic rings. The van der Waals surface area contributed by atoms with Crippen molar-refractivity contribution in [2.24, 2.45) is 0 Å². The van der Waals surface area contributed by atoms with Crippen LogP contribution in [0.15, 0.2) is 40.1 Å². The van der Waals surface area contributed by atoms with Crippen molar-refractivity contribution >= 4 is 11.6 Å². The van der Waals surface area contributed by atoms with Gasteiger partial charge in [-0.05, 0) is 47.6 Å². The molecule has 0 bridgehead atoms. The third-order valence-electron chi connectivity index (χ3n) is 4.79. The number of aromatic nitrogens is 4. The van der Waals surface area contributed by atoms with Gasteiger partial charge >= 0.3 is 11.9 Å². The minimum absolute atomic E-state index is 0.0767. The van der Waals surface area contributed by atoms with Gasteiger partial charge in [-0.25, -0.2) is 9.18 Å². The third kappa shape index (κ3) is 3.67. The minimum Gasteiger partial charge on any atom is -0.313 e. The Morgan fingerprint density at radius 1 is 1.10 bits per heavy atom. The number of nitrogens with zero attached hydrogens (tertiary/aromatic N) is 2. The average Bonchev–Trinajstić information content (AvgIpc) is 3.42. The summed E-state index contributed by atoms with van der Waals surface area (Å²) in [5.41, 5.74) is -1.45. The molecule has 0 amide bonds. The van der Waals surface area contributed by atoms with Crippen LogP contribution < -0.4 is 11.2 Å². The first-order valence-corrected chi connectivity index (χ1v) is 8.75. The lowest BCUT2D eigenvalue weighted by atomic mass is 10.0. The van der Waals surface area contributed by atoms with E-state index in [1.807, 2.05) is 0 Å². The molecule has 1 saturated carbocycles. The number of benzene rings is 1. The lowest BCUT2D eigenvalue weighted by molar-refractivity contribution is -0.140. The number of rotatable bonds is 3. The maximum atomic E-state index is 13.9. The highest BCUT2D eigenvalue weighted by atomic mass is 35.5. The number of hydrogen-bond acceptors (Lipinski definition) is 4. The molecule has 1 aliphatic carbocycles. The van der Waals surface area contributed by atoms with Gasteiger partial charge in [-0.15, -0.1) is 10.2 Å². The van der Waals surface area contributed by atoms with Crippen LogP contribution in [0.2, 0.25) is 5.15 Å². The molecule has 2 aromatic heterocycles. The van der Waals surface area contributed by atoms with Crippen LogP contribution in [0, 0.1) is 5.82 Å². The predicted molar refractivity (Wildman–Crippen MR) is 95.2 cm³/mol. The van der Waals surface area contributed by atoms with Gasteiger partial charge in [0.15, 0.2) is 5.15 Å². The Bertz CT molecular complexity index is 1220. The normalized spacial score (nSPS) is 18.7. The van der Waals surface area contributed by atoms with Gasteiger partial charge in [-0.2, -0.15) is 13.2 Å². The summed E-state index contributed by atoms with van der Waals surface area (Å²) in [6.45, 7) is 0. The van der Waals surface area contributed by atoms with Crippen LogP contribution >= 0.6 is 11.6 Å². The van der Waals surface area contributed by atoms with Crippen LogP contribution in [0.3, 0.4) is 0 Å². The average molecular weight is 427 g/mol. The number of aromatic amines is 2. The van der Waals surface area contributed by atoms with Crippen molar-refractivity contribution in [1.82, 2.24) is 20.2 Å². The van der Waals surface area contributed by atoms with E-state index in [4.69, 9.17) is 11.6 Å². The molecule has 1 aromatic carbocycles. The van der Waals surface area contributed by atoms with E-state index in [-0.39, 0.29) is 28.2 Å². The Balaban J connectivity index is 1.65. The summed E-state index contributed by atoms with van der Waals surface area (Å²) in [6.07, 6.45) is -3.04. The first-order valence-electron chi connectivity index (χ1n) is 8.37. The lowest BCUT2D eigenvalue weighted by Gasteiger charge is -2.10. The molecule has 2 atom stereocenters. The zero-order valence-electron chi connectivity index (χ0n) is 14.3. The quantitative estimate of drug-likeness (QED) is 0.626. The van der Waals surface area contributed by atoms with E-state index in [1.165, 1.54) is 18.3 Å². The van der Waals surface area contributed by atoms with Gasteiger partial charge in [-0.3, -0.25) is 9.78 Å². The molecule has 0 saturated heterocycles. The maximum Gasteiger partial charge on any atom is 0.419 e. The summed E-state index contributed by atoms with van der Waals surface area (Å²) < 4.78 is 52.1. The Morgan fingerprint density at radius 2 is 1.86 bits per heavy atom. The van der Waals surface area contributed by atoms with Crippen LogP contribution in [0.4, 0.5) is 17.6 Å². The van der Waals surface area contributed by atoms with Crippen molar-refractivity contribution in [1.29, 1.82) is 0 Å². The maximum absolute atomic E-state index is 13.9. The second kappa shape index (κ2) is 6.80. The summed E-state index contributed by atoms with van der Waals surface area (Å²) in [5, 5.41) is 7.75. The molecule has 1 fully saturated rings. The number of hydrogen-bond donors (Lipinski definition) is 2. The fraction of sp³-hybridized carbons (Fsp3) is 0.222. The van der Waals surface area contributed by atoms with Crippen molar-refractivity contribution in [2.75, 3.05) is 0 Å². The number of nitrogens with one attached hydrogen (secondary N) is 2. The summed E-state index contributed by atoms with van der Waals surface area (Å²) in [6, 6.07) is 4.37. The molecule has 2 N–H and O–H groups in total. The summed E-state index contributed by atoms with van der Waals surface area (Å²) >= 11 is 6.11. The monoisotopic (exact) mass is 426 g/mol. The lowest BCUT2D eigenvalue weighted by Crippen LogP contribution is -2.23. The number of halogens is 5. The molecule has 4 rings (SSSR count). The van der Waals surface area contributed by atoms with E-state index >= 15 is 0 Å².